The molecule has 116 valence electrons. The number of nitrogens with zero attached hydrogens (tertiary/aromatic N) is 1. The normalized spacial score (nSPS) is 25.0. The first-order chi connectivity index (χ1) is 10.2. The molecule has 1 saturated carbocycles. The van der Waals surface area contributed by atoms with Gasteiger partial charge in [-0.25, -0.2) is 0 Å². The monoisotopic (exact) mass is 289 g/mol. The van der Waals surface area contributed by atoms with Crippen LogP contribution in [0.2, 0.25) is 0 Å². The zero-order valence-corrected chi connectivity index (χ0v) is 13.2. The highest BCUT2D eigenvalue weighted by Crippen LogP contribution is 2.39. The molecule has 2 aliphatic carbocycles. The van der Waals surface area contributed by atoms with Crippen molar-refractivity contribution in [3.63, 3.8) is 0 Å². The number of fused-ring (bicyclic) bond motifs is 1. The highest BCUT2D eigenvalue weighted by atomic mass is 16.5. The molecule has 0 spiro atoms. The van der Waals surface area contributed by atoms with Crippen LogP contribution < -0.4 is 4.74 Å². The van der Waals surface area contributed by atoms with Crippen LogP contribution >= 0.6 is 0 Å². The molecule has 0 aromatic heterocycles. The highest BCUT2D eigenvalue weighted by Gasteiger charge is 2.39. The molecule has 2 unspecified atom stereocenters. The number of hydrogen-bond acceptors (Lipinski definition) is 3. The van der Waals surface area contributed by atoms with Crippen LogP contribution in [0.5, 0.6) is 5.75 Å². The van der Waals surface area contributed by atoms with Gasteiger partial charge in [0.2, 0.25) is 0 Å². The number of rotatable bonds is 6. The van der Waals surface area contributed by atoms with E-state index >= 15 is 0 Å². The summed E-state index contributed by atoms with van der Waals surface area (Å²) in [5, 5.41) is 10.9. The van der Waals surface area contributed by atoms with E-state index in [1.54, 1.807) is 7.11 Å². The van der Waals surface area contributed by atoms with Crippen molar-refractivity contribution in [3.05, 3.63) is 29.3 Å². The van der Waals surface area contributed by atoms with E-state index in [9.17, 15) is 5.11 Å². The van der Waals surface area contributed by atoms with Crippen molar-refractivity contribution in [1.29, 1.82) is 0 Å². The lowest BCUT2D eigenvalue weighted by Crippen LogP contribution is -2.44. The van der Waals surface area contributed by atoms with Gasteiger partial charge in [-0.15, -0.1) is 0 Å². The number of methoxy groups -OCH3 is 1. The van der Waals surface area contributed by atoms with Crippen molar-refractivity contribution in [3.8, 4) is 5.75 Å². The van der Waals surface area contributed by atoms with Gasteiger partial charge in [-0.05, 0) is 61.9 Å². The fourth-order valence-corrected chi connectivity index (χ4v) is 3.58. The molecule has 1 aromatic rings. The average molecular weight is 289 g/mol. The Morgan fingerprint density at radius 1 is 1.29 bits per heavy atom. The Kier molecular flexibility index (Phi) is 4.51. The lowest BCUT2D eigenvalue weighted by Gasteiger charge is -2.39. The summed E-state index contributed by atoms with van der Waals surface area (Å²) in [6, 6.07) is 7.13. The van der Waals surface area contributed by atoms with Crippen molar-refractivity contribution in [1.82, 2.24) is 4.90 Å². The van der Waals surface area contributed by atoms with E-state index in [4.69, 9.17) is 4.74 Å². The van der Waals surface area contributed by atoms with Crippen molar-refractivity contribution in [2.45, 2.75) is 63.6 Å². The maximum atomic E-state index is 10.9. The molecule has 0 amide bonds. The molecule has 1 aromatic carbocycles. The number of ether oxygens (including phenoxy) is 1. The van der Waals surface area contributed by atoms with Crippen molar-refractivity contribution < 1.29 is 9.84 Å². The number of aliphatic hydroxyl groups is 1. The molecule has 21 heavy (non-hydrogen) atoms. The van der Waals surface area contributed by atoms with Crippen LogP contribution in [0.15, 0.2) is 18.2 Å². The average Bonchev–Trinajstić information content (AvgIpc) is 3.34. The van der Waals surface area contributed by atoms with Gasteiger partial charge in [0.25, 0.3) is 0 Å². The van der Waals surface area contributed by atoms with Crippen LogP contribution in [0.1, 0.15) is 56.3 Å². The van der Waals surface area contributed by atoms with Crippen LogP contribution in [-0.2, 0) is 6.42 Å². The standard InChI is InChI=1S/C18H27NO2/c1-3-4-11-19(14-7-8-14)17-10-6-13-5-9-15(21-2)12-16(13)18(17)20/h5,9,12,14,17-18,20H,3-4,6-8,10-11H2,1-2H3. The van der Waals surface area contributed by atoms with E-state index in [1.165, 1.54) is 31.2 Å². The molecule has 0 radical (unpaired) electrons. The van der Waals surface area contributed by atoms with Crippen LogP contribution in [-0.4, -0.2) is 35.7 Å². The van der Waals surface area contributed by atoms with E-state index in [1.807, 2.05) is 12.1 Å². The number of unbranched alkanes of at least 4 members (excludes halogenated alkanes) is 1. The van der Waals surface area contributed by atoms with Gasteiger partial charge in [-0.2, -0.15) is 0 Å². The highest BCUT2D eigenvalue weighted by molar-refractivity contribution is 5.39. The summed E-state index contributed by atoms with van der Waals surface area (Å²) in [5.74, 6) is 0.847. The lowest BCUT2D eigenvalue weighted by molar-refractivity contribution is 0.0302. The number of benzene rings is 1. The molecule has 0 aliphatic heterocycles. The summed E-state index contributed by atoms with van der Waals surface area (Å²) in [7, 11) is 1.69. The largest absolute Gasteiger partial charge is 0.497 e. The van der Waals surface area contributed by atoms with E-state index < -0.39 is 0 Å². The van der Waals surface area contributed by atoms with Crippen LogP contribution in [0.4, 0.5) is 0 Å². The second-order valence-corrected chi connectivity index (χ2v) is 6.44. The zero-order chi connectivity index (χ0) is 14.8. The van der Waals surface area contributed by atoms with Gasteiger partial charge in [-0.3, -0.25) is 4.90 Å². The van der Waals surface area contributed by atoms with E-state index in [-0.39, 0.29) is 12.1 Å². The summed E-state index contributed by atoms with van der Waals surface area (Å²) in [4.78, 5) is 2.58. The number of aliphatic hydroxyl groups excluding tert-OH is 1. The zero-order valence-electron chi connectivity index (χ0n) is 13.2. The van der Waals surface area contributed by atoms with Gasteiger partial charge in [0.05, 0.1) is 13.2 Å². The molecule has 1 fully saturated rings. The summed E-state index contributed by atoms with van der Waals surface area (Å²) in [6.07, 6.45) is 6.81. The first-order valence-corrected chi connectivity index (χ1v) is 8.35. The fraction of sp³-hybridized carbons (Fsp3) is 0.667. The second kappa shape index (κ2) is 6.37. The molecule has 0 heterocycles. The molecule has 1 N–H and O–H groups in total. The maximum absolute atomic E-state index is 10.9. The third kappa shape index (κ3) is 3.09. The molecule has 0 bridgehead atoms. The predicted molar refractivity (Wildman–Crippen MR) is 84.7 cm³/mol. The molecule has 3 heteroatoms. The van der Waals surface area contributed by atoms with E-state index in [0.717, 1.165) is 30.7 Å². The Balaban J connectivity index is 1.80. The van der Waals surface area contributed by atoms with Crippen LogP contribution in [0.25, 0.3) is 0 Å². The molecule has 0 saturated heterocycles. The van der Waals surface area contributed by atoms with Gasteiger partial charge in [-0.1, -0.05) is 19.4 Å². The van der Waals surface area contributed by atoms with Gasteiger partial charge < -0.3 is 9.84 Å². The number of hydrogen-bond donors (Lipinski definition) is 1. The van der Waals surface area contributed by atoms with Crippen molar-refractivity contribution in [2.24, 2.45) is 0 Å². The second-order valence-electron chi connectivity index (χ2n) is 6.44. The molecule has 3 rings (SSSR count). The quantitative estimate of drug-likeness (QED) is 0.872. The third-order valence-corrected chi connectivity index (χ3v) is 4.96. The topological polar surface area (TPSA) is 32.7 Å². The fourth-order valence-electron chi connectivity index (χ4n) is 3.58. The van der Waals surface area contributed by atoms with E-state index in [2.05, 4.69) is 17.9 Å². The van der Waals surface area contributed by atoms with Crippen molar-refractivity contribution in [2.75, 3.05) is 13.7 Å². The molecule has 2 atom stereocenters. The first kappa shape index (κ1) is 14.9. The Morgan fingerprint density at radius 3 is 2.76 bits per heavy atom. The smallest absolute Gasteiger partial charge is 0.119 e. The predicted octanol–water partition coefficient (Wildman–Crippen LogP) is 3.31. The SMILES string of the molecule is CCCCN(C1CC1)C1CCc2ccc(OC)cc2C1O. The molecular formula is C18H27NO2. The first-order valence-electron chi connectivity index (χ1n) is 8.35. The minimum absolute atomic E-state index is 0.281. The molecule has 2 aliphatic rings. The Bertz CT molecular complexity index is 484. The minimum atomic E-state index is -0.374. The Labute approximate surface area is 127 Å². The number of aryl methyl sites for hydroxylation is 1. The maximum Gasteiger partial charge on any atom is 0.119 e. The van der Waals surface area contributed by atoms with Crippen LogP contribution in [0.3, 0.4) is 0 Å². The summed E-state index contributed by atoms with van der Waals surface area (Å²) < 4.78 is 5.32. The summed E-state index contributed by atoms with van der Waals surface area (Å²) in [6.45, 7) is 3.37. The summed E-state index contributed by atoms with van der Waals surface area (Å²) in [5.41, 5.74) is 2.36. The lowest BCUT2D eigenvalue weighted by atomic mass is 9.84. The van der Waals surface area contributed by atoms with Crippen LogP contribution in [0, 0.1) is 0 Å². The Morgan fingerprint density at radius 2 is 2.10 bits per heavy atom. The Hall–Kier alpha value is -1.06. The van der Waals surface area contributed by atoms with Gasteiger partial charge in [0, 0.05) is 12.1 Å². The third-order valence-electron chi connectivity index (χ3n) is 4.96. The van der Waals surface area contributed by atoms with Gasteiger partial charge in [0.1, 0.15) is 5.75 Å². The minimum Gasteiger partial charge on any atom is -0.497 e. The van der Waals surface area contributed by atoms with Crippen molar-refractivity contribution >= 4 is 0 Å². The van der Waals surface area contributed by atoms with Gasteiger partial charge in [0.15, 0.2) is 0 Å². The summed E-state index contributed by atoms with van der Waals surface area (Å²) >= 11 is 0. The van der Waals surface area contributed by atoms with E-state index in [0.29, 0.717) is 6.04 Å². The molecule has 3 nitrogen and oxygen atoms in total. The molecular weight excluding hydrogens is 262 g/mol. The van der Waals surface area contributed by atoms with Gasteiger partial charge >= 0.3 is 0 Å².